The molecule has 78 valence electrons. The largest absolute Gasteiger partial charge is 0.317 e. The number of hydrogen-bond donors (Lipinski definition) is 1. The summed E-state index contributed by atoms with van der Waals surface area (Å²) in [5.74, 6) is 0.599. The van der Waals surface area contributed by atoms with Crippen molar-refractivity contribution in [3.8, 4) is 0 Å². The first-order valence-corrected chi connectivity index (χ1v) is 5.74. The lowest BCUT2D eigenvalue weighted by Crippen LogP contribution is -2.21. The van der Waals surface area contributed by atoms with Crippen LogP contribution in [0.1, 0.15) is 30.9 Å². The maximum atomic E-state index is 4.02. The highest BCUT2D eigenvalue weighted by molar-refractivity contribution is 9.10. The van der Waals surface area contributed by atoms with Crippen molar-refractivity contribution in [1.29, 1.82) is 0 Å². The lowest BCUT2D eigenvalue weighted by atomic mass is 10.0. The SMILES string of the molecule is CNC1CCC(c2c(Br)nnn2C)C1. The van der Waals surface area contributed by atoms with Gasteiger partial charge in [-0.2, -0.15) is 0 Å². The van der Waals surface area contributed by atoms with Gasteiger partial charge in [-0.05, 0) is 42.2 Å². The van der Waals surface area contributed by atoms with Gasteiger partial charge in [-0.15, -0.1) is 5.10 Å². The first-order chi connectivity index (χ1) is 6.72. The zero-order chi connectivity index (χ0) is 10.1. The van der Waals surface area contributed by atoms with Gasteiger partial charge in [0.25, 0.3) is 0 Å². The molecule has 0 radical (unpaired) electrons. The summed E-state index contributed by atoms with van der Waals surface area (Å²) in [6, 6.07) is 0.654. The highest BCUT2D eigenvalue weighted by atomic mass is 79.9. The zero-order valence-electron chi connectivity index (χ0n) is 8.50. The van der Waals surface area contributed by atoms with E-state index in [2.05, 4.69) is 31.6 Å². The minimum absolute atomic E-state index is 0.599. The molecule has 1 aromatic heterocycles. The van der Waals surface area contributed by atoms with Gasteiger partial charge in [0.15, 0.2) is 4.60 Å². The average Bonchev–Trinajstić information content (AvgIpc) is 2.73. The molecule has 1 N–H and O–H groups in total. The molecule has 0 aromatic carbocycles. The molecule has 1 aliphatic rings. The Morgan fingerprint density at radius 1 is 1.50 bits per heavy atom. The molecule has 2 unspecified atom stereocenters. The van der Waals surface area contributed by atoms with Gasteiger partial charge in [0, 0.05) is 19.0 Å². The van der Waals surface area contributed by atoms with Crippen LogP contribution in [0.4, 0.5) is 0 Å². The Kier molecular flexibility index (Phi) is 2.88. The fraction of sp³-hybridized carbons (Fsp3) is 0.778. The molecule has 0 amide bonds. The molecule has 14 heavy (non-hydrogen) atoms. The van der Waals surface area contributed by atoms with Crippen molar-refractivity contribution in [3.05, 3.63) is 10.3 Å². The van der Waals surface area contributed by atoms with Crippen LogP contribution in [0.2, 0.25) is 0 Å². The molecule has 0 saturated heterocycles. The highest BCUT2D eigenvalue weighted by Gasteiger charge is 2.28. The standard InChI is InChI=1S/C9H15BrN4/c1-11-7-4-3-6(5-7)8-9(10)12-13-14(8)2/h6-7,11H,3-5H2,1-2H3. The topological polar surface area (TPSA) is 42.7 Å². The maximum absolute atomic E-state index is 4.02. The summed E-state index contributed by atoms with van der Waals surface area (Å²) < 4.78 is 2.79. The van der Waals surface area contributed by atoms with Crippen LogP contribution >= 0.6 is 15.9 Å². The summed E-state index contributed by atoms with van der Waals surface area (Å²) in [7, 11) is 3.99. The van der Waals surface area contributed by atoms with Crippen molar-refractivity contribution >= 4 is 15.9 Å². The number of aryl methyl sites for hydroxylation is 1. The fourth-order valence-corrected chi connectivity index (χ4v) is 2.92. The van der Waals surface area contributed by atoms with Crippen molar-refractivity contribution in [3.63, 3.8) is 0 Å². The third kappa shape index (κ3) is 1.70. The van der Waals surface area contributed by atoms with Crippen molar-refractivity contribution in [2.45, 2.75) is 31.2 Å². The van der Waals surface area contributed by atoms with Crippen LogP contribution in [0.25, 0.3) is 0 Å². The summed E-state index contributed by atoms with van der Waals surface area (Å²) in [4.78, 5) is 0. The van der Waals surface area contributed by atoms with Crippen LogP contribution in [0.15, 0.2) is 4.60 Å². The summed E-state index contributed by atoms with van der Waals surface area (Å²) in [5.41, 5.74) is 1.24. The van der Waals surface area contributed by atoms with Crippen LogP contribution in [0.5, 0.6) is 0 Å². The van der Waals surface area contributed by atoms with E-state index in [-0.39, 0.29) is 0 Å². The van der Waals surface area contributed by atoms with Gasteiger partial charge in [-0.25, -0.2) is 0 Å². The smallest absolute Gasteiger partial charge is 0.151 e. The van der Waals surface area contributed by atoms with Crippen molar-refractivity contribution in [2.24, 2.45) is 7.05 Å². The molecular formula is C9H15BrN4. The summed E-state index contributed by atoms with van der Waals surface area (Å²) in [6.45, 7) is 0. The number of nitrogens with zero attached hydrogens (tertiary/aromatic N) is 3. The van der Waals surface area contributed by atoms with Crippen LogP contribution in [0.3, 0.4) is 0 Å². The Balaban J connectivity index is 2.17. The van der Waals surface area contributed by atoms with Gasteiger partial charge in [-0.1, -0.05) is 5.21 Å². The second-order valence-corrected chi connectivity index (χ2v) is 4.64. The number of aromatic nitrogens is 3. The molecule has 1 saturated carbocycles. The molecule has 0 spiro atoms. The van der Waals surface area contributed by atoms with E-state index in [0.29, 0.717) is 12.0 Å². The number of rotatable bonds is 2. The molecule has 4 nitrogen and oxygen atoms in total. The number of halogens is 1. The molecule has 1 heterocycles. The zero-order valence-corrected chi connectivity index (χ0v) is 10.1. The maximum Gasteiger partial charge on any atom is 0.151 e. The highest BCUT2D eigenvalue weighted by Crippen LogP contribution is 2.36. The lowest BCUT2D eigenvalue weighted by Gasteiger charge is -2.10. The lowest BCUT2D eigenvalue weighted by molar-refractivity contribution is 0.555. The van der Waals surface area contributed by atoms with Gasteiger partial charge in [0.1, 0.15) is 0 Å². The third-order valence-corrected chi connectivity index (χ3v) is 3.62. The molecule has 1 aliphatic carbocycles. The summed E-state index contributed by atoms with van der Waals surface area (Å²) >= 11 is 3.45. The number of hydrogen-bond acceptors (Lipinski definition) is 3. The van der Waals surface area contributed by atoms with E-state index in [1.165, 1.54) is 25.0 Å². The molecular weight excluding hydrogens is 244 g/mol. The Hall–Kier alpha value is -0.420. The van der Waals surface area contributed by atoms with Crippen LogP contribution in [-0.4, -0.2) is 28.1 Å². The van der Waals surface area contributed by atoms with E-state index in [1.54, 1.807) is 0 Å². The Bertz CT molecular complexity index is 303. The second-order valence-electron chi connectivity index (χ2n) is 3.88. The summed E-state index contributed by atoms with van der Waals surface area (Å²) in [5, 5.41) is 11.4. The van der Waals surface area contributed by atoms with Crippen molar-refractivity contribution in [1.82, 2.24) is 20.3 Å². The first-order valence-electron chi connectivity index (χ1n) is 4.94. The van der Waals surface area contributed by atoms with Crippen molar-refractivity contribution in [2.75, 3.05) is 7.05 Å². The van der Waals surface area contributed by atoms with Gasteiger partial charge in [0.05, 0.1) is 5.69 Å². The van der Waals surface area contributed by atoms with Crippen molar-refractivity contribution < 1.29 is 0 Å². The van der Waals surface area contributed by atoms with Crippen LogP contribution < -0.4 is 5.32 Å². The van der Waals surface area contributed by atoms with E-state index < -0.39 is 0 Å². The molecule has 0 bridgehead atoms. The predicted octanol–water partition coefficient (Wildman–Crippen LogP) is 1.43. The van der Waals surface area contributed by atoms with Gasteiger partial charge >= 0.3 is 0 Å². The molecule has 1 fully saturated rings. The molecule has 1 aromatic rings. The van der Waals surface area contributed by atoms with Gasteiger partial charge in [-0.3, -0.25) is 4.68 Å². The quantitative estimate of drug-likeness (QED) is 0.873. The first kappa shape index (κ1) is 10.1. The Morgan fingerprint density at radius 2 is 2.29 bits per heavy atom. The van der Waals surface area contributed by atoms with Crippen LogP contribution in [0, 0.1) is 0 Å². The van der Waals surface area contributed by atoms with E-state index in [9.17, 15) is 0 Å². The molecule has 2 atom stereocenters. The Morgan fingerprint density at radius 3 is 2.79 bits per heavy atom. The average molecular weight is 259 g/mol. The van der Waals surface area contributed by atoms with E-state index in [4.69, 9.17) is 0 Å². The van der Waals surface area contributed by atoms with E-state index >= 15 is 0 Å². The third-order valence-electron chi connectivity index (χ3n) is 3.05. The summed E-state index contributed by atoms with van der Waals surface area (Å²) in [6.07, 6.45) is 3.67. The predicted molar refractivity (Wildman–Crippen MR) is 58.1 cm³/mol. The minimum Gasteiger partial charge on any atom is -0.317 e. The fourth-order valence-electron chi connectivity index (χ4n) is 2.26. The van der Waals surface area contributed by atoms with E-state index in [1.807, 2.05) is 18.8 Å². The molecule has 2 rings (SSSR count). The Labute approximate surface area is 92.2 Å². The molecule has 5 heteroatoms. The normalized spacial score (nSPS) is 27.1. The monoisotopic (exact) mass is 258 g/mol. The number of nitrogens with one attached hydrogen (secondary N) is 1. The molecule has 0 aliphatic heterocycles. The second kappa shape index (κ2) is 3.98. The van der Waals surface area contributed by atoms with Gasteiger partial charge in [0.2, 0.25) is 0 Å². The van der Waals surface area contributed by atoms with Gasteiger partial charge < -0.3 is 5.32 Å². The minimum atomic E-state index is 0.599. The van der Waals surface area contributed by atoms with E-state index in [0.717, 1.165) is 4.60 Å². The van der Waals surface area contributed by atoms with Crippen LogP contribution in [-0.2, 0) is 7.05 Å².